The quantitative estimate of drug-likeness (QED) is 0.795. The highest BCUT2D eigenvalue weighted by molar-refractivity contribution is 5.85. The minimum atomic E-state index is -4.84. The molecule has 2 rings (SSSR count). The van der Waals surface area contributed by atoms with Crippen molar-refractivity contribution in [3.63, 3.8) is 0 Å². The Hall–Kier alpha value is -0.700. The molecule has 0 amide bonds. The molecule has 1 atom stereocenters. The van der Waals surface area contributed by atoms with Crippen LogP contribution < -0.4 is 5.32 Å². The van der Waals surface area contributed by atoms with E-state index in [9.17, 15) is 26.3 Å². The monoisotopic (exact) mass is 384 g/mol. The van der Waals surface area contributed by atoms with Gasteiger partial charge in [-0.15, -0.1) is 24.8 Å². The first kappa shape index (κ1) is 22.3. The van der Waals surface area contributed by atoms with E-state index in [-0.39, 0.29) is 30.4 Å². The minimum absolute atomic E-state index is 0. The molecule has 0 bridgehead atoms. The topological polar surface area (TPSA) is 15.3 Å². The second-order valence-electron chi connectivity index (χ2n) is 4.80. The number of benzene rings is 1. The van der Waals surface area contributed by atoms with Crippen molar-refractivity contribution in [3.05, 3.63) is 35.1 Å². The van der Waals surface area contributed by atoms with Crippen molar-refractivity contribution in [2.75, 3.05) is 26.2 Å². The number of nitrogens with zero attached hydrogens (tertiary/aromatic N) is 1. The molecular weight excluding hydrogens is 369 g/mol. The van der Waals surface area contributed by atoms with Crippen molar-refractivity contribution in [1.29, 1.82) is 0 Å². The molecular formula is C13H16Cl2F6N2. The van der Waals surface area contributed by atoms with Crippen LogP contribution in [0.4, 0.5) is 26.3 Å². The fraction of sp³-hybridized carbons (Fsp3) is 0.538. The highest BCUT2D eigenvalue weighted by Crippen LogP contribution is 2.34. The first-order valence-corrected chi connectivity index (χ1v) is 6.40. The van der Waals surface area contributed by atoms with Crippen LogP contribution in [0.1, 0.15) is 17.2 Å². The summed E-state index contributed by atoms with van der Waals surface area (Å²) in [5.41, 5.74) is -1.59. The van der Waals surface area contributed by atoms with E-state index in [4.69, 9.17) is 0 Å². The van der Waals surface area contributed by atoms with Gasteiger partial charge in [0.2, 0.25) is 0 Å². The zero-order chi connectivity index (χ0) is 15.6. The molecule has 1 saturated heterocycles. The Kier molecular flexibility index (Phi) is 8.69. The lowest BCUT2D eigenvalue weighted by atomic mass is 10.0. The molecule has 1 aliphatic heterocycles. The van der Waals surface area contributed by atoms with Crippen LogP contribution in [0.3, 0.4) is 0 Å². The van der Waals surface area contributed by atoms with Crippen LogP contribution in [0, 0.1) is 5.82 Å². The van der Waals surface area contributed by atoms with Gasteiger partial charge in [0.1, 0.15) is 5.82 Å². The number of rotatable bonds is 3. The predicted octanol–water partition coefficient (Wildman–Crippen LogP) is 3.90. The SMILES string of the molecule is Cl.Cl.Fc1cc([C@H](C(F)F)N2CCNCC2)ccc1C(F)(F)F. The molecule has 1 aromatic rings. The molecule has 1 aromatic carbocycles. The molecule has 2 nitrogen and oxygen atoms in total. The maximum Gasteiger partial charge on any atom is 0.419 e. The average Bonchev–Trinajstić information content (AvgIpc) is 2.38. The van der Waals surface area contributed by atoms with Gasteiger partial charge in [-0.25, -0.2) is 13.2 Å². The van der Waals surface area contributed by atoms with Crippen LogP contribution in [0.15, 0.2) is 18.2 Å². The summed E-state index contributed by atoms with van der Waals surface area (Å²) < 4.78 is 77.5. The third kappa shape index (κ3) is 5.41. The fourth-order valence-corrected chi connectivity index (χ4v) is 2.42. The van der Waals surface area contributed by atoms with E-state index in [2.05, 4.69) is 5.32 Å². The van der Waals surface area contributed by atoms with Gasteiger partial charge < -0.3 is 5.32 Å². The molecule has 1 heterocycles. The summed E-state index contributed by atoms with van der Waals surface area (Å²) in [6, 6.07) is 0.596. The van der Waals surface area contributed by atoms with Crippen LogP contribution in [0.2, 0.25) is 0 Å². The molecule has 1 fully saturated rings. The summed E-state index contributed by atoms with van der Waals surface area (Å²) in [7, 11) is 0. The van der Waals surface area contributed by atoms with Crippen molar-refractivity contribution in [3.8, 4) is 0 Å². The standard InChI is InChI=1S/C13H14F6N2.2ClH/c14-10-7-8(1-2-9(10)13(17,18)19)11(12(15)16)21-5-3-20-4-6-21;;/h1-2,7,11-12,20H,3-6H2;2*1H/t11-;;/m1../s1. The number of halogens is 8. The van der Waals surface area contributed by atoms with Crippen molar-refractivity contribution < 1.29 is 26.3 Å². The Morgan fingerprint density at radius 2 is 1.61 bits per heavy atom. The number of piperazine rings is 1. The van der Waals surface area contributed by atoms with Gasteiger partial charge >= 0.3 is 6.18 Å². The molecule has 0 aromatic heterocycles. The summed E-state index contributed by atoms with van der Waals surface area (Å²) >= 11 is 0. The number of nitrogens with one attached hydrogen (secondary N) is 1. The first-order chi connectivity index (χ1) is 9.80. The van der Waals surface area contributed by atoms with Crippen molar-refractivity contribution in [2.24, 2.45) is 0 Å². The fourth-order valence-electron chi connectivity index (χ4n) is 2.42. The average molecular weight is 385 g/mol. The maximum atomic E-state index is 13.5. The Morgan fingerprint density at radius 3 is 2.04 bits per heavy atom. The molecule has 10 heteroatoms. The van der Waals surface area contributed by atoms with Gasteiger partial charge in [0, 0.05) is 26.2 Å². The maximum absolute atomic E-state index is 13.5. The second kappa shape index (κ2) is 8.96. The molecule has 0 unspecified atom stereocenters. The second-order valence-corrected chi connectivity index (χ2v) is 4.80. The van der Waals surface area contributed by atoms with Crippen LogP contribution >= 0.6 is 24.8 Å². The number of hydrogen-bond donors (Lipinski definition) is 1. The Bertz CT molecular complexity index is 492. The molecule has 0 radical (unpaired) electrons. The molecule has 1 aliphatic rings. The van der Waals surface area contributed by atoms with E-state index >= 15 is 0 Å². The molecule has 0 aliphatic carbocycles. The van der Waals surface area contributed by atoms with Gasteiger partial charge in [0.15, 0.2) is 0 Å². The zero-order valence-corrected chi connectivity index (χ0v) is 13.4. The van der Waals surface area contributed by atoms with E-state index in [1.54, 1.807) is 0 Å². The normalized spacial score (nSPS) is 17.3. The van der Waals surface area contributed by atoms with Crippen LogP contribution in [0.25, 0.3) is 0 Å². The Labute approximate surface area is 142 Å². The van der Waals surface area contributed by atoms with Crippen molar-refractivity contribution in [1.82, 2.24) is 10.2 Å². The lowest BCUT2D eigenvalue weighted by Crippen LogP contribution is -2.46. The third-order valence-corrected chi connectivity index (χ3v) is 3.42. The number of alkyl halides is 5. The van der Waals surface area contributed by atoms with Gasteiger partial charge in [-0.05, 0) is 17.7 Å². The predicted molar refractivity (Wildman–Crippen MR) is 79.1 cm³/mol. The summed E-state index contributed by atoms with van der Waals surface area (Å²) in [6.45, 7) is 1.67. The van der Waals surface area contributed by atoms with Crippen LogP contribution in [-0.2, 0) is 6.18 Å². The summed E-state index contributed by atoms with van der Waals surface area (Å²) in [6.07, 6.45) is -7.64. The lowest BCUT2D eigenvalue weighted by molar-refractivity contribution is -0.140. The highest BCUT2D eigenvalue weighted by atomic mass is 35.5. The summed E-state index contributed by atoms with van der Waals surface area (Å²) in [4.78, 5) is 1.45. The van der Waals surface area contributed by atoms with E-state index in [0.717, 1.165) is 6.07 Å². The van der Waals surface area contributed by atoms with E-state index in [1.165, 1.54) is 4.90 Å². The summed E-state index contributed by atoms with van der Waals surface area (Å²) in [5.74, 6) is -1.53. The molecule has 23 heavy (non-hydrogen) atoms. The third-order valence-electron chi connectivity index (χ3n) is 3.42. The van der Waals surface area contributed by atoms with Gasteiger partial charge in [0.25, 0.3) is 6.43 Å². The van der Waals surface area contributed by atoms with Gasteiger partial charge in [-0.1, -0.05) is 6.07 Å². The zero-order valence-electron chi connectivity index (χ0n) is 11.7. The van der Waals surface area contributed by atoms with Gasteiger partial charge in [0.05, 0.1) is 11.6 Å². The minimum Gasteiger partial charge on any atom is -0.314 e. The summed E-state index contributed by atoms with van der Waals surface area (Å²) in [5, 5.41) is 2.99. The molecule has 1 N–H and O–H groups in total. The van der Waals surface area contributed by atoms with Gasteiger partial charge in [-0.3, -0.25) is 4.90 Å². The van der Waals surface area contributed by atoms with Gasteiger partial charge in [-0.2, -0.15) is 13.2 Å². The van der Waals surface area contributed by atoms with E-state index < -0.39 is 30.0 Å². The molecule has 0 saturated carbocycles. The lowest BCUT2D eigenvalue weighted by Gasteiger charge is -2.34. The first-order valence-electron chi connectivity index (χ1n) is 6.40. The van der Waals surface area contributed by atoms with E-state index in [0.29, 0.717) is 38.3 Å². The smallest absolute Gasteiger partial charge is 0.314 e. The molecule has 0 spiro atoms. The highest BCUT2D eigenvalue weighted by Gasteiger charge is 2.36. The van der Waals surface area contributed by atoms with Crippen molar-refractivity contribution in [2.45, 2.75) is 18.6 Å². The Morgan fingerprint density at radius 1 is 1.04 bits per heavy atom. The Balaban J connectivity index is 0.00000242. The van der Waals surface area contributed by atoms with Crippen LogP contribution in [0.5, 0.6) is 0 Å². The van der Waals surface area contributed by atoms with E-state index in [1.807, 2.05) is 0 Å². The van der Waals surface area contributed by atoms with Crippen LogP contribution in [-0.4, -0.2) is 37.5 Å². The molecule has 134 valence electrons. The van der Waals surface area contributed by atoms with Crippen molar-refractivity contribution >= 4 is 24.8 Å². The number of hydrogen-bond acceptors (Lipinski definition) is 2. The largest absolute Gasteiger partial charge is 0.419 e.